The van der Waals surface area contributed by atoms with Crippen LogP contribution in [0.5, 0.6) is 0 Å². The van der Waals surface area contributed by atoms with Crippen molar-refractivity contribution >= 4 is 0 Å². The minimum absolute atomic E-state index is 0.0620. The maximum atomic E-state index is 5.67. The highest BCUT2D eigenvalue weighted by molar-refractivity contribution is 5.12. The molecule has 94 valence electrons. The van der Waals surface area contributed by atoms with Crippen molar-refractivity contribution in [3.05, 3.63) is 0 Å². The molecule has 0 aliphatic heterocycles. The van der Waals surface area contributed by atoms with Crippen molar-refractivity contribution in [3.63, 3.8) is 0 Å². The molecule has 0 aromatic heterocycles. The molecule has 0 radical (unpaired) electrons. The molecule has 2 nitrogen and oxygen atoms in total. The van der Waals surface area contributed by atoms with Crippen LogP contribution < -0.4 is 5.32 Å². The summed E-state index contributed by atoms with van der Waals surface area (Å²) in [6, 6.07) is 1.37. The van der Waals surface area contributed by atoms with Crippen molar-refractivity contribution in [1.82, 2.24) is 5.32 Å². The van der Waals surface area contributed by atoms with E-state index in [-0.39, 0.29) is 11.0 Å². The van der Waals surface area contributed by atoms with Crippen LogP contribution in [0.15, 0.2) is 0 Å². The first-order chi connectivity index (χ1) is 7.44. The Kier molecular flexibility index (Phi) is 3.09. The van der Waals surface area contributed by atoms with Crippen LogP contribution in [-0.2, 0) is 4.74 Å². The van der Waals surface area contributed by atoms with Gasteiger partial charge >= 0.3 is 0 Å². The largest absolute Gasteiger partial charge is 0.378 e. The van der Waals surface area contributed by atoms with Crippen molar-refractivity contribution in [2.75, 3.05) is 7.11 Å². The molecule has 3 atom stereocenters. The van der Waals surface area contributed by atoms with E-state index in [1.807, 2.05) is 7.11 Å². The Balaban J connectivity index is 1.92. The summed E-state index contributed by atoms with van der Waals surface area (Å²) in [6.07, 6.45) is 5.28. The average molecular weight is 225 g/mol. The topological polar surface area (TPSA) is 21.3 Å². The van der Waals surface area contributed by atoms with Gasteiger partial charge in [0.05, 0.1) is 5.60 Å². The molecule has 0 bridgehead atoms. The average Bonchev–Trinajstić information content (AvgIpc) is 3.07. The molecule has 0 heterocycles. The third-order valence-corrected chi connectivity index (χ3v) is 5.32. The number of nitrogens with one attached hydrogen (secondary N) is 1. The first-order valence-electron chi connectivity index (χ1n) is 6.76. The van der Waals surface area contributed by atoms with Crippen molar-refractivity contribution in [1.29, 1.82) is 0 Å². The van der Waals surface area contributed by atoms with Crippen LogP contribution in [0, 0.1) is 11.3 Å². The monoisotopic (exact) mass is 225 g/mol. The molecule has 2 saturated carbocycles. The number of methoxy groups -OCH3 is 1. The van der Waals surface area contributed by atoms with Crippen LogP contribution in [-0.4, -0.2) is 24.8 Å². The summed E-state index contributed by atoms with van der Waals surface area (Å²) in [5, 5.41) is 3.86. The molecule has 0 amide bonds. The second-order valence-electron chi connectivity index (χ2n) is 6.43. The van der Waals surface area contributed by atoms with E-state index in [0.717, 1.165) is 18.4 Å². The van der Waals surface area contributed by atoms with Crippen molar-refractivity contribution in [3.8, 4) is 0 Å². The summed E-state index contributed by atoms with van der Waals surface area (Å²) >= 11 is 0. The molecule has 0 spiro atoms. The molecule has 3 unspecified atom stereocenters. The van der Waals surface area contributed by atoms with Gasteiger partial charge in [-0.1, -0.05) is 20.8 Å². The molecule has 2 aliphatic carbocycles. The number of rotatable bonds is 5. The van der Waals surface area contributed by atoms with Gasteiger partial charge in [0.2, 0.25) is 0 Å². The molecule has 16 heavy (non-hydrogen) atoms. The molecule has 2 rings (SSSR count). The van der Waals surface area contributed by atoms with Crippen LogP contribution in [0.25, 0.3) is 0 Å². The fourth-order valence-electron chi connectivity index (χ4n) is 3.10. The van der Waals surface area contributed by atoms with Gasteiger partial charge in [0.25, 0.3) is 0 Å². The normalized spacial score (nSPS) is 39.2. The molecule has 0 aromatic rings. The van der Waals surface area contributed by atoms with E-state index in [2.05, 4.69) is 33.0 Å². The Hall–Kier alpha value is -0.0800. The second kappa shape index (κ2) is 3.99. The van der Waals surface area contributed by atoms with Gasteiger partial charge in [-0.2, -0.15) is 0 Å². The summed E-state index contributed by atoms with van der Waals surface area (Å²) in [7, 11) is 1.84. The number of ether oxygens (including phenoxy) is 1. The van der Waals surface area contributed by atoms with Crippen molar-refractivity contribution in [2.24, 2.45) is 11.3 Å². The van der Waals surface area contributed by atoms with E-state index >= 15 is 0 Å². The minimum Gasteiger partial charge on any atom is -0.378 e. The quantitative estimate of drug-likeness (QED) is 0.776. The predicted octanol–water partition coefficient (Wildman–Crippen LogP) is 2.97. The molecule has 2 heteroatoms. The lowest BCUT2D eigenvalue weighted by molar-refractivity contribution is -0.182. The highest BCUT2D eigenvalue weighted by atomic mass is 16.5. The fourth-order valence-corrected chi connectivity index (χ4v) is 3.10. The van der Waals surface area contributed by atoms with Gasteiger partial charge < -0.3 is 10.1 Å². The van der Waals surface area contributed by atoms with Crippen molar-refractivity contribution < 1.29 is 4.74 Å². The van der Waals surface area contributed by atoms with E-state index in [1.165, 1.54) is 19.3 Å². The van der Waals surface area contributed by atoms with E-state index < -0.39 is 0 Å². The summed E-state index contributed by atoms with van der Waals surface area (Å²) in [4.78, 5) is 0. The van der Waals surface area contributed by atoms with Crippen LogP contribution in [0.3, 0.4) is 0 Å². The summed E-state index contributed by atoms with van der Waals surface area (Å²) in [5.41, 5.74) is 0.316. The SMILES string of the molecule is CCC(NC1CC(C)(OC)C1(C)C)C1CC1. The molecular formula is C14H27NO. The van der Waals surface area contributed by atoms with Gasteiger partial charge in [-0.05, 0) is 38.5 Å². The molecular weight excluding hydrogens is 198 g/mol. The van der Waals surface area contributed by atoms with Crippen LogP contribution in [0.4, 0.5) is 0 Å². The van der Waals surface area contributed by atoms with Crippen LogP contribution in [0.1, 0.15) is 53.4 Å². The van der Waals surface area contributed by atoms with Gasteiger partial charge in [0, 0.05) is 24.6 Å². The third-order valence-electron chi connectivity index (χ3n) is 5.32. The summed E-state index contributed by atoms with van der Waals surface area (Å²) in [6.45, 7) is 9.20. The van der Waals surface area contributed by atoms with Gasteiger partial charge in [-0.15, -0.1) is 0 Å². The lowest BCUT2D eigenvalue weighted by atomic mass is 9.55. The number of hydrogen-bond donors (Lipinski definition) is 1. The molecule has 0 aromatic carbocycles. The highest BCUT2D eigenvalue weighted by Crippen LogP contribution is 2.52. The Labute approximate surface area is 100 Å². The van der Waals surface area contributed by atoms with Crippen molar-refractivity contribution in [2.45, 2.75) is 71.1 Å². The maximum Gasteiger partial charge on any atom is 0.0731 e. The Morgan fingerprint density at radius 2 is 1.94 bits per heavy atom. The molecule has 2 fully saturated rings. The van der Waals surface area contributed by atoms with E-state index in [9.17, 15) is 0 Å². The molecule has 0 saturated heterocycles. The smallest absolute Gasteiger partial charge is 0.0731 e. The maximum absolute atomic E-state index is 5.67. The first kappa shape index (κ1) is 12.4. The lowest BCUT2D eigenvalue weighted by Crippen LogP contribution is -2.69. The third kappa shape index (κ3) is 1.80. The lowest BCUT2D eigenvalue weighted by Gasteiger charge is -2.60. The van der Waals surface area contributed by atoms with E-state index in [4.69, 9.17) is 4.74 Å². The second-order valence-corrected chi connectivity index (χ2v) is 6.43. The standard InChI is InChI=1S/C14H27NO/c1-6-11(10-7-8-10)15-12-9-14(4,16-5)13(12,2)3/h10-12,15H,6-9H2,1-5H3. The predicted molar refractivity (Wildman–Crippen MR) is 67.5 cm³/mol. The van der Waals surface area contributed by atoms with Crippen LogP contribution in [0.2, 0.25) is 0 Å². The highest BCUT2D eigenvalue weighted by Gasteiger charge is 2.58. The van der Waals surface area contributed by atoms with E-state index in [1.54, 1.807) is 0 Å². The molecule has 1 N–H and O–H groups in total. The van der Waals surface area contributed by atoms with Gasteiger partial charge in [0.1, 0.15) is 0 Å². The minimum atomic E-state index is 0.0620. The number of hydrogen-bond acceptors (Lipinski definition) is 2. The van der Waals surface area contributed by atoms with Gasteiger partial charge in [-0.3, -0.25) is 0 Å². The van der Waals surface area contributed by atoms with Crippen LogP contribution >= 0.6 is 0 Å². The zero-order valence-corrected chi connectivity index (χ0v) is 11.5. The Bertz CT molecular complexity index is 259. The Morgan fingerprint density at radius 1 is 1.31 bits per heavy atom. The summed E-state index contributed by atoms with van der Waals surface area (Å²) < 4.78 is 5.67. The van der Waals surface area contributed by atoms with Gasteiger partial charge in [-0.25, -0.2) is 0 Å². The first-order valence-corrected chi connectivity index (χ1v) is 6.76. The zero-order chi connectivity index (χ0) is 12.0. The van der Waals surface area contributed by atoms with Gasteiger partial charge in [0.15, 0.2) is 0 Å². The van der Waals surface area contributed by atoms with E-state index in [0.29, 0.717) is 6.04 Å². The summed E-state index contributed by atoms with van der Waals surface area (Å²) in [5.74, 6) is 0.954. The Morgan fingerprint density at radius 3 is 2.31 bits per heavy atom. The fraction of sp³-hybridized carbons (Fsp3) is 1.00. The molecule has 2 aliphatic rings. The zero-order valence-electron chi connectivity index (χ0n) is 11.5.